The van der Waals surface area contributed by atoms with Crippen molar-refractivity contribution in [3.63, 3.8) is 0 Å². The average molecular weight is 429 g/mol. The molecule has 1 spiro atoms. The Hall–Kier alpha value is -2.61. The second kappa shape index (κ2) is 8.86. The van der Waals surface area contributed by atoms with E-state index in [4.69, 9.17) is 20.3 Å². The van der Waals surface area contributed by atoms with Crippen LogP contribution in [-0.4, -0.2) is 67.3 Å². The minimum atomic E-state index is -0.367. The Bertz CT molecular complexity index is 870. The number of hydrazone groups is 1. The lowest BCUT2D eigenvalue weighted by Crippen LogP contribution is -2.53. The summed E-state index contributed by atoms with van der Waals surface area (Å²) in [6.07, 6.45) is 6.04. The van der Waals surface area contributed by atoms with Crippen LogP contribution < -0.4 is 15.2 Å². The van der Waals surface area contributed by atoms with Gasteiger partial charge in [0.1, 0.15) is 0 Å². The summed E-state index contributed by atoms with van der Waals surface area (Å²) in [6.45, 7) is 1.25. The number of nitrogens with zero attached hydrogens (tertiary/aromatic N) is 3. The summed E-state index contributed by atoms with van der Waals surface area (Å²) in [5.74, 6) is 1.44. The first kappa shape index (κ1) is 21.6. The maximum absolute atomic E-state index is 13.6. The summed E-state index contributed by atoms with van der Waals surface area (Å²) < 4.78 is 10.9. The molecule has 2 aliphatic heterocycles. The fourth-order valence-corrected chi connectivity index (χ4v) is 5.20. The van der Waals surface area contributed by atoms with Crippen LogP contribution >= 0.6 is 0 Å². The highest BCUT2D eigenvalue weighted by Gasteiger charge is 2.49. The molecule has 2 fully saturated rings. The molecule has 4 rings (SSSR count). The van der Waals surface area contributed by atoms with Crippen molar-refractivity contribution < 1.29 is 19.1 Å². The van der Waals surface area contributed by atoms with Crippen LogP contribution in [0.25, 0.3) is 0 Å². The van der Waals surface area contributed by atoms with Crippen LogP contribution in [0.4, 0.5) is 0 Å². The number of piperidine rings is 1. The quantitative estimate of drug-likeness (QED) is 0.775. The molecule has 8 nitrogen and oxygen atoms in total. The minimum absolute atomic E-state index is 0.00208. The van der Waals surface area contributed by atoms with Crippen LogP contribution in [0.5, 0.6) is 11.5 Å². The monoisotopic (exact) mass is 428 g/mol. The van der Waals surface area contributed by atoms with Gasteiger partial charge in [0.05, 0.1) is 37.9 Å². The second-order valence-corrected chi connectivity index (χ2v) is 8.75. The predicted octanol–water partition coefficient (Wildman–Crippen LogP) is 2.15. The van der Waals surface area contributed by atoms with Crippen LogP contribution in [0.2, 0.25) is 0 Å². The lowest BCUT2D eigenvalue weighted by molar-refractivity contribution is -0.147. The van der Waals surface area contributed by atoms with Crippen molar-refractivity contribution in [1.82, 2.24) is 9.91 Å². The van der Waals surface area contributed by atoms with E-state index in [1.165, 1.54) is 0 Å². The van der Waals surface area contributed by atoms with Gasteiger partial charge >= 0.3 is 0 Å². The number of rotatable bonds is 5. The molecule has 1 aromatic rings. The number of nitrogens with two attached hydrogens (primary N) is 1. The highest BCUT2D eigenvalue weighted by atomic mass is 16.5. The van der Waals surface area contributed by atoms with Crippen molar-refractivity contribution in [2.75, 3.05) is 33.9 Å². The molecule has 2 amide bonds. The van der Waals surface area contributed by atoms with Crippen LogP contribution in [0.1, 0.15) is 50.5 Å². The van der Waals surface area contributed by atoms with E-state index in [9.17, 15) is 9.59 Å². The Kier molecular flexibility index (Phi) is 6.18. The van der Waals surface area contributed by atoms with E-state index in [0.717, 1.165) is 49.8 Å². The molecule has 31 heavy (non-hydrogen) atoms. The van der Waals surface area contributed by atoms with Gasteiger partial charge in [-0.2, -0.15) is 5.10 Å². The van der Waals surface area contributed by atoms with Gasteiger partial charge in [-0.05, 0) is 43.9 Å². The number of carbonyl (C=O) groups excluding carboxylic acids is 2. The fraction of sp³-hybridized carbons (Fsp3) is 0.609. The Morgan fingerprint density at radius 2 is 1.84 bits per heavy atom. The van der Waals surface area contributed by atoms with Crippen molar-refractivity contribution in [3.8, 4) is 11.5 Å². The highest BCUT2D eigenvalue weighted by molar-refractivity contribution is 6.06. The Balaban J connectivity index is 1.64. The average Bonchev–Trinajstić information content (AvgIpc) is 3.29. The lowest BCUT2D eigenvalue weighted by atomic mass is 9.77. The largest absolute Gasteiger partial charge is 0.493 e. The smallest absolute Gasteiger partial charge is 0.249 e. The number of methoxy groups -OCH3 is 2. The molecule has 3 aliphatic rings. The fourth-order valence-electron chi connectivity index (χ4n) is 5.20. The zero-order valence-electron chi connectivity index (χ0n) is 18.4. The maximum Gasteiger partial charge on any atom is 0.249 e. The van der Waals surface area contributed by atoms with Crippen LogP contribution in [0.15, 0.2) is 23.3 Å². The van der Waals surface area contributed by atoms with Crippen LogP contribution in [0.3, 0.4) is 0 Å². The Labute approximate surface area is 183 Å². The zero-order valence-corrected chi connectivity index (χ0v) is 18.4. The zero-order chi connectivity index (χ0) is 22.0. The first-order valence-corrected chi connectivity index (χ1v) is 11.1. The van der Waals surface area contributed by atoms with E-state index >= 15 is 0 Å². The van der Waals surface area contributed by atoms with E-state index < -0.39 is 0 Å². The van der Waals surface area contributed by atoms with E-state index in [-0.39, 0.29) is 29.8 Å². The van der Waals surface area contributed by atoms with Gasteiger partial charge in [-0.3, -0.25) is 9.59 Å². The van der Waals surface area contributed by atoms with Gasteiger partial charge in [0.25, 0.3) is 0 Å². The first-order chi connectivity index (χ1) is 15.0. The van der Waals surface area contributed by atoms with E-state index in [1.807, 2.05) is 18.2 Å². The minimum Gasteiger partial charge on any atom is -0.493 e. The molecule has 2 N–H and O–H groups in total. The summed E-state index contributed by atoms with van der Waals surface area (Å²) in [6, 6.07) is 5.81. The highest BCUT2D eigenvalue weighted by Crippen LogP contribution is 2.47. The molecule has 1 saturated heterocycles. The molecule has 0 unspecified atom stereocenters. The summed E-state index contributed by atoms with van der Waals surface area (Å²) in [7, 11) is 3.24. The van der Waals surface area contributed by atoms with Crippen molar-refractivity contribution in [2.45, 2.75) is 51.0 Å². The van der Waals surface area contributed by atoms with Gasteiger partial charge in [-0.15, -0.1) is 0 Å². The molecule has 0 aromatic heterocycles. The van der Waals surface area contributed by atoms with Crippen molar-refractivity contribution in [3.05, 3.63) is 23.8 Å². The number of amides is 2. The molecule has 2 heterocycles. The van der Waals surface area contributed by atoms with Gasteiger partial charge in [0.15, 0.2) is 11.5 Å². The second-order valence-electron chi connectivity index (χ2n) is 8.75. The van der Waals surface area contributed by atoms with E-state index in [0.29, 0.717) is 31.0 Å². The molecular weight excluding hydrogens is 396 g/mol. The number of hydrogen-bond acceptors (Lipinski definition) is 6. The standard InChI is InChI=1S/C23H32N4O4/c1-30-19-6-5-16(13-20(19)31-2)18-14-23(9-3-4-10-23)22(29)27(25-18)17-7-11-26(12-8-17)21(28)15-24/h5-6,13,17H,3-4,7-12,14-15,24H2,1-2H3. The van der Waals surface area contributed by atoms with Gasteiger partial charge < -0.3 is 20.1 Å². The number of ether oxygens (including phenoxy) is 2. The Morgan fingerprint density at radius 1 is 1.16 bits per heavy atom. The van der Waals surface area contributed by atoms with E-state index in [2.05, 4.69) is 0 Å². The maximum atomic E-state index is 13.6. The number of likely N-dealkylation sites (tertiary alicyclic amines) is 1. The number of carbonyl (C=O) groups is 2. The van der Waals surface area contributed by atoms with Crippen LogP contribution in [-0.2, 0) is 9.59 Å². The van der Waals surface area contributed by atoms with Gasteiger partial charge in [0, 0.05) is 25.1 Å². The molecule has 1 aliphatic carbocycles. The third kappa shape index (κ3) is 4.01. The van der Waals surface area contributed by atoms with Crippen molar-refractivity contribution >= 4 is 17.5 Å². The molecule has 0 bridgehead atoms. The normalized spacial score (nSPS) is 21.4. The van der Waals surface area contributed by atoms with Crippen molar-refractivity contribution in [1.29, 1.82) is 0 Å². The van der Waals surface area contributed by atoms with Gasteiger partial charge in [-0.1, -0.05) is 12.8 Å². The molecule has 8 heteroatoms. The molecule has 0 radical (unpaired) electrons. The van der Waals surface area contributed by atoms with Gasteiger partial charge in [-0.25, -0.2) is 5.01 Å². The predicted molar refractivity (Wildman–Crippen MR) is 117 cm³/mol. The van der Waals surface area contributed by atoms with Crippen LogP contribution in [0, 0.1) is 5.41 Å². The molecule has 168 valence electrons. The topological polar surface area (TPSA) is 97.5 Å². The summed E-state index contributed by atoms with van der Waals surface area (Å²) in [5, 5.41) is 6.61. The number of benzene rings is 1. The lowest BCUT2D eigenvalue weighted by Gasteiger charge is -2.43. The van der Waals surface area contributed by atoms with Crippen molar-refractivity contribution in [2.24, 2.45) is 16.3 Å². The van der Waals surface area contributed by atoms with Gasteiger partial charge in [0.2, 0.25) is 11.8 Å². The first-order valence-electron chi connectivity index (χ1n) is 11.1. The third-order valence-electron chi connectivity index (χ3n) is 7.01. The third-order valence-corrected chi connectivity index (χ3v) is 7.01. The SMILES string of the molecule is COc1ccc(C2=NN(C3CCN(C(=O)CN)CC3)C(=O)C3(CCCC3)C2)cc1OC. The molecule has 1 aromatic carbocycles. The Morgan fingerprint density at radius 3 is 2.45 bits per heavy atom. The summed E-state index contributed by atoms with van der Waals surface area (Å²) in [4.78, 5) is 27.3. The molecule has 0 atom stereocenters. The summed E-state index contributed by atoms with van der Waals surface area (Å²) >= 11 is 0. The molecule has 1 saturated carbocycles. The summed E-state index contributed by atoms with van der Waals surface area (Å²) in [5.41, 5.74) is 7.02. The van der Waals surface area contributed by atoms with E-state index in [1.54, 1.807) is 24.1 Å². The molecular formula is C23H32N4O4. The number of hydrogen-bond donors (Lipinski definition) is 1.